The molecule has 0 aromatic heterocycles. The minimum atomic E-state index is -1.43. The van der Waals surface area contributed by atoms with Gasteiger partial charge in [-0.15, -0.1) is 0 Å². The van der Waals surface area contributed by atoms with Crippen molar-refractivity contribution in [1.82, 2.24) is 9.80 Å². The van der Waals surface area contributed by atoms with Gasteiger partial charge >= 0.3 is 12.1 Å². The zero-order valence-corrected chi connectivity index (χ0v) is 17.4. The summed E-state index contributed by atoms with van der Waals surface area (Å²) in [6, 6.07) is 4.69. The van der Waals surface area contributed by atoms with Crippen molar-refractivity contribution in [2.24, 2.45) is 5.92 Å². The number of carbonyl (C=O) groups excluding carboxylic acids is 1. The molecular weight excluding hydrogens is 402 g/mol. The summed E-state index contributed by atoms with van der Waals surface area (Å²) in [4.78, 5) is 38.7. The summed E-state index contributed by atoms with van der Waals surface area (Å²) in [5, 5.41) is 38.1. The number of nitriles is 1. The summed E-state index contributed by atoms with van der Waals surface area (Å²) in [5.74, 6) is -3.18. The molecule has 0 saturated carbocycles. The number of hydrogen-bond acceptors (Lipinski definition) is 5. The molecule has 0 radical (unpaired) electrons. The normalized spacial score (nSPS) is 23.7. The molecule has 9 heteroatoms. The van der Waals surface area contributed by atoms with Gasteiger partial charge in [-0.2, -0.15) is 5.26 Å². The van der Waals surface area contributed by atoms with Crippen LogP contribution >= 0.6 is 0 Å². The van der Waals surface area contributed by atoms with Crippen LogP contribution in [0.25, 0.3) is 5.57 Å². The van der Waals surface area contributed by atoms with E-state index in [1.807, 2.05) is 32.1 Å². The molecular formula is C22H25N3O6. The molecule has 1 aromatic rings. The third kappa shape index (κ3) is 4.39. The Labute approximate surface area is 179 Å². The lowest BCUT2D eigenvalue weighted by atomic mass is 9.86. The maximum atomic E-state index is 13.1. The molecule has 2 aliphatic heterocycles. The van der Waals surface area contributed by atoms with Gasteiger partial charge in [0, 0.05) is 13.1 Å². The number of aliphatic hydroxyl groups is 1. The highest BCUT2D eigenvalue weighted by Crippen LogP contribution is 2.30. The Morgan fingerprint density at radius 3 is 2.29 bits per heavy atom. The van der Waals surface area contributed by atoms with E-state index in [9.17, 15) is 35.0 Å². The van der Waals surface area contributed by atoms with E-state index in [0.29, 0.717) is 18.5 Å². The molecule has 3 N–H and O–H groups in total. The van der Waals surface area contributed by atoms with Crippen molar-refractivity contribution in [3.05, 3.63) is 40.5 Å². The summed E-state index contributed by atoms with van der Waals surface area (Å²) in [6.07, 6.45) is -0.331. The zero-order chi connectivity index (χ0) is 22.9. The van der Waals surface area contributed by atoms with Crippen LogP contribution in [0.2, 0.25) is 0 Å². The number of amides is 2. The molecule has 2 amide bonds. The molecule has 1 aromatic carbocycles. The number of β-amino-alcohol motifs (C(OH)–C–C–N with tert-alkyl or cyclic N) is 1. The monoisotopic (exact) mass is 427 g/mol. The highest BCUT2D eigenvalue weighted by atomic mass is 16.4. The quantitative estimate of drug-likeness (QED) is 0.665. The van der Waals surface area contributed by atoms with Gasteiger partial charge in [-0.1, -0.05) is 18.2 Å². The van der Waals surface area contributed by atoms with Crippen LogP contribution in [-0.2, 0) is 9.59 Å². The SMILES string of the molecule is Cc1cc(C2=CCN(C(=O)[C@@H]3[C@@H](C(=O)O)C[C@@H](O)CN3C(=O)O)CC2)cc(C)c1C#N. The zero-order valence-electron chi connectivity index (χ0n) is 17.4. The van der Waals surface area contributed by atoms with Crippen molar-refractivity contribution in [3.8, 4) is 6.07 Å². The molecule has 31 heavy (non-hydrogen) atoms. The second kappa shape index (κ2) is 8.78. The van der Waals surface area contributed by atoms with Gasteiger partial charge in [0.25, 0.3) is 0 Å². The van der Waals surface area contributed by atoms with Crippen LogP contribution in [-0.4, -0.2) is 74.9 Å². The molecule has 0 bridgehead atoms. The van der Waals surface area contributed by atoms with Gasteiger partial charge in [-0.05, 0) is 49.0 Å². The molecule has 3 rings (SSSR count). The van der Waals surface area contributed by atoms with Crippen LogP contribution in [0.3, 0.4) is 0 Å². The fraction of sp³-hybridized carbons (Fsp3) is 0.455. The van der Waals surface area contributed by atoms with E-state index in [1.165, 1.54) is 4.90 Å². The summed E-state index contributed by atoms with van der Waals surface area (Å²) in [7, 11) is 0. The second-order valence-corrected chi connectivity index (χ2v) is 8.07. The van der Waals surface area contributed by atoms with Crippen molar-refractivity contribution >= 4 is 23.5 Å². The first kappa shape index (κ1) is 22.3. The van der Waals surface area contributed by atoms with Gasteiger partial charge in [0.2, 0.25) is 5.91 Å². The molecule has 1 saturated heterocycles. The maximum absolute atomic E-state index is 13.1. The maximum Gasteiger partial charge on any atom is 0.408 e. The molecule has 164 valence electrons. The summed E-state index contributed by atoms with van der Waals surface area (Å²) in [5.41, 5.74) is 4.38. The Bertz CT molecular complexity index is 948. The number of hydrogen-bond donors (Lipinski definition) is 3. The Morgan fingerprint density at radius 2 is 1.81 bits per heavy atom. The molecule has 9 nitrogen and oxygen atoms in total. The van der Waals surface area contributed by atoms with Crippen molar-refractivity contribution in [1.29, 1.82) is 5.26 Å². The molecule has 1 fully saturated rings. The number of carboxylic acids is 1. The third-order valence-electron chi connectivity index (χ3n) is 6.00. The topological polar surface area (TPSA) is 142 Å². The lowest BCUT2D eigenvalue weighted by Gasteiger charge is -2.41. The van der Waals surface area contributed by atoms with E-state index in [2.05, 4.69) is 6.07 Å². The number of nitrogens with zero attached hydrogens (tertiary/aromatic N) is 3. The van der Waals surface area contributed by atoms with E-state index in [0.717, 1.165) is 27.2 Å². The van der Waals surface area contributed by atoms with Crippen LogP contribution in [0.5, 0.6) is 0 Å². The smallest absolute Gasteiger partial charge is 0.408 e. The molecule has 0 spiro atoms. The molecule has 0 unspecified atom stereocenters. The van der Waals surface area contributed by atoms with E-state index in [4.69, 9.17) is 0 Å². The summed E-state index contributed by atoms with van der Waals surface area (Å²) < 4.78 is 0. The van der Waals surface area contributed by atoms with E-state index in [-0.39, 0.29) is 19.5 Å². The average Bonchev–Trinajstić information content (AvgIpc) is 2.72. The first-order chi connectivity index (χ1) is 14.6. The largest absolute Gasteiger partial charge is 0.481 e. The van der Waals surface area contributed by atoms with Crippen LogP contribution in [0, 0.1) is 31.1 Å². The Kier molecular flexibility index (Phi) is 6.32. The van der Waals surface area contributed by atoms with Gasteiger partial charge < -0.3 is 20.2 Å². The number of carboxylic acid groups (broad SMARTS) is 2. The molecule has 3 atom stereocenters. The van der Waals surface area contributed by atoms with E-state index < -0.39 is 36.0 Å². The van der Waals surface area contributed by atoms with Gasteiger partial charge in [0.15, 0.2) is 0 Å². The Morgan fingerprint density at radius 1 is 1.16 bits per heavy atom. The lowest BCUT2D eigenvalue weighted by Crippen LogP contribution is -2.61. The minimum absolute atomic E-state index is 0.172. The van der Waals surface area contributed by atoms with E-state index >= 15 is 0 Å². The first-order valence-corrected chi connectivity index (χ1v) is 10.0. The fourth-order valence-electron chi connectivity index (χ4n) is 4.44. The van der Waals surface area contributed by atoms with Crippen molar-refractivity contribution in [2.75, 3.05) is 19.6 Å². The van der Waals surface area contributed by atoms with Crippen LogP contribution in [0.4, 0.5) is 4.79 Å². The van der Waals surface area contributed by atoms with Crippen molar-refractivity contribution in [3.63, 3.8) is 0 Å². The Hall–Kier alpha value is -3.38. The first-order valence-electron chi connectivity index (χ1n) is 10.0. The van der Waals surface area contributed by atoms with Gasteiger partial charge in [-0.3, -0.25) is 14.5 Å². The number of aliphatic hydroxyl groups excluding tert-OH is 1. The predicted molar refractivity (Wildman–Crippen MR) is 110 cm³/mol. The number of aliphatic carboxylic acids is 1. The van der Waals surface area contributed by atoms with Gasteiger partial charge in [0.05, 0.1) is 30.2 Å². The second-order valence-electron chi connectivity index (χ2n) is 8.07. The summed E-state index contributed by atoms with van der Waals surface area (Å²) in [6.45, 7) is 4.00. The highest BCUT2D eigenvalue weighted by molar-refractivity contribution is 5.91. The predicted octanol–water partition coefficient (Wildman–Crippen LogP) is 1.60. The molecule has 0 aliphatic carbocycles. The van der Waals surface area contributed by atoms with Crippen molar-refractivity contribution in [2.45, 2.75) is 38.8 Å². The molecule has 2 aliphatic rings. The fourth-order valence-corrected chi connectivity index (χ4v) is 4.44. The van der Waals surface area contributed by atoms with Crippen molar-refractivity contribution < 1.29 is 29.7 Å². The summed E-state index contributed by atoms with van der Waals surface area (Å²) >= 11 is 0. The number of carbonyl (C=O) groups is 3. The number of rotatable bonds is 3. The highest BCUT2D eigenvalue weighted by Gasteiger charge is 2.47. The number of benzene rings is 1. The van der Waals surface area contributed by atoms with E-state index in [1.54, 1.807) is 0 Å². The van der Waals surface area contributed by atoms with Gasteiger partial charge in [-0.25, -0.2) is 4.79 Å². The number of likely N-dealkylation sites (tertiary alicyclic amines) is 1. The third-order valence-corrected chi connectivity index (χ3v) is 6.00. The standard InChI is InChI=1S/C22H25N3O6/c1-12-7-15(8-13(2)18(12)10-23)14-3-5-24(6-4-14)20(27)19-17(21(28)29)9-16(26)11-25(19)22(30)31/h3,7-8,16-17,19,26H,4-6,9,11H2,1-2H3,(H,28,29)(H,30,31)/t16-,17+,19+/m1/s1. The lowest BCUT2D eigenvalue weighted by molar-refractivity contribution is -0.156. The van der Waals surface area contributed by atoms with Crippen LogP contribution < -0.4 is 0 Å². The van der Waals surface area contributed by atoms with Crippen LogP contribution in [0.15, 0.2) is 18.2 Å². The Balaban J connectivity index is 1.82. The minimum Gasteiger partial charge on any atom is -0.481 e. The molecule has 2 heterocycles. The van der Waals surface area contributed by atoms with Gasteiger partial charge in [0.1, 0.15) is 6.04 Å². The van der Waals surface area contributed by atoms with Crippen LogP contribution in [0.1, 0.15) is 35.1 Å². The average molecular weight is 427 g/mol. The number of piperidine rings is 1. The number of aryl methyl sites for hydroxylation is 2.